The number of hydrogen-bond donors (Lipinski definition) is 1. The first-order valence-electron chi connectivity index (χ1n) is 6.70. The molecule has 0 unspecified atom stereocenters. The number of aromatic nitrogens is 2. The zero-order valence-electron chi connectivity index (χ0n) is 10.8. The predicted molar refractivity (Wildman–Crippen MR) is 73.6 cm³/mol. The van der Waals surface area contributed by atoms with Crippen LogP contribution in [0.1, 0.15) is 31.0 Å². The van der Waals surface area contributed by atoms with Gasteiger partial charge in [0.25, 0.3) is 0 Å². The third-order valence-corrected chi connectivity index (χ3v) is 3.86. The number of aromatic amines is 1. The Morgan fingerprint density at radius 1 is 1.39 bits per heavy atom. The molecule has 1 N–H and O–H groups in total. The predicted octanol–water partition coefficient (Wildman–Crippen LogP) is 3.14. The number of para-hydroxylation sites is 1. The molecule has 0 bridgehead atoms. The molecule has 1 aromatic heterocycles. The highest BCUT2D eigenvalue weighted by atomic mass is 15.2. The van der Waals surface area contributed by atoms with Crippen LogP contribution < -0.4 is 4.90 Å². The van der Waals surface area contributed by atoms with E-state index in [1.165, 1.54) is 36.2 Å². The first-order valence-corrected chi connectivity index (χ1v) is 6.70. The number of hydrogen-bond acceptors (Lipinski definition) is 2. The van der Waals surface area contributed by atoms with Gasteiger partial charge < -0.3 is 9.88 Å². The molecule has 1 atom stereocenters. The summed E-state index contributed by atoms with van der Waals surface area (Å²) in [6.07, 6.45) is 7.33. The minimum absolute atomic E-state index is 0.642. The Morgan fingerprint density at radius 3 is 3.06 bits per heavy atom. The lowest BCUT2D eigenvalue weighted by molar-refractivity contribution is 0.508. The molecule has 3 heteroatoms. The molecule has 1 aliphatic heterocycles. The summed E-state index contributed by atoms with van der Waals surface area (Å²) in [6.45, 7) is 3.20. The van der Waals surface area contributed by atoms with Gasteiger partial charge >= 0.3 is 0 Å². The first-order chi connectivity index (χ1) is 8.88. The summed E-state index contributed by atoms with van der Waals surface area (Å²) in [5, 5.41) is 0. The Bertz CT molecular complexity index is 504. The summed E-state index contributed by atoms with van der Waals surface area (Å²) in [5.74, 6) is 0. The van der Waals surface area contributed by atoms with Crippen LogP contribution in [-0.2, 0) is 13.0 Å². The molecule has 0 saturated heterocycles. The van der Waals surface area contributed by atoms with Gasteiger partial charge in [-0.25, -0.2) is 4.98 Å². The maximum Gasteiger partial charge on any atom is 0.0922 e. The van der Waals surface area contributed by atoms with E-state index in [1.807, 2.05) is 6.20 Å². The van der Waals surface area contributed by atoms with Crippen molar-refractivity contribution in [3.63, 3.8) is 0 Å². The van der Waals surface area contributed by atoms with Crippen molar-refractivity contribution < 1.29 is 0 Å². The topological polar surface area (TPSA) is 31.9 Å². The van der Waals surface area contributed by atoms with Crippen LogP contribution >= 0.6 is 0 Å². The van der Waals surface area contributed by atoms with Gasteiger partial charge in [0, 0.05) is 17.9 Å². The number of nitrogens with one attached hydrogen (secondary N) is 1. The number of anilines is 1. The Labute approximate surface area is 108 Å². The van der Waals surface area contributed by atoms with E-state index < -0.39 is 0 Å². The Morgan fingerprint density at radius 2 is 2.28 bits per heavy atom. The molecular formula is C15H19N3. The highest BCUT2D eigenvalue weighted by molar-refractivity contribution is 5.56. The normalized spacial score (nSPS) is 18.7. The van der Waals surface area contributed by atoms with Gasteiger partial charge in [0.1, 0.15) is 0 Å². The fourth-order valence-electron chi connectivity index (χ4n) is 2.87. The largest absolute Gasteiger partial charge is 0.362 e. The van der Waals surface area contributed by atoms with Crippen LogP contribution in [0.3, 0.4) is 0 Å². The van der Waals surface area contributed by atoms with Crippen LogP contribution in [0.4, 0.5) is 5.69 Å². The van der Waals surface area contributed by atoms with Crippen LogP contribution in [0.15, 0.2) is 36.8 Å². The van der Waals surface area contributed by atoms with Gasteiger partial charge in [-0.2, -0.15) is 0 Å². The van der Waals surface area contributed by atoms with E-state index in [2.05, 4.69) is 46.1 Å². The molecule has 0 saturated carbocycles. The van der Waals surface area contributed by atoms with Crippen LogP contribution in [0.5, 0.6) is 0 Å². The van der Waals surface area contributed by atoms with Gasteiger partial charge in [-0.1, -0.05) is 25.1 Å². The van der Waals surface area contributed by atoms with E-state index in [-0.39, 0.29) is 0 Å². The van der Waals surface area contributed by atoms with Crippen molar-refractivity contribution in [2.75, 3.05) is 4.90 Å². The van der Waals surface area contributed by atoms with Crippen LogP contribution in [0, 0.1) is 0 Å². The maximum atomic E-state index is 4.11. The van der Waals surface area contributed by atoms with E-state index in [0.717, 1.165) is 6.54 Å². The Balaban J connectivity index is 1.93. The van der Waals surface area contributed by atoms with Crippen LogP contribution in [0.2, 0.25) is 0 Å². The highest BCUT2D eigenvalue weighted by Crippen LogP contribution is 2.32. The van der Waals surface area contributed by atoms with Gasteiger partial charge in [-0.05, 0) is 30.9 Å². The van der Waals surface area contributed by atoms with Crippen molar-refractivity contribution in [1.82, 2.24) is 9.97 Å². The Hall–Kier alpha value is -1.77. The van der Waals surface area contributed by atoms with Crippen molar-refractivity contribution >= 4 is 5.69 Å². The lowest BCUT2D eigenvalue weighted by Crippen LogP contribution is -2.38. The SMILES string of the molecule is CC[C@H]1CCc2ccccc2N1Cc1cnc[nH]1. The lowest BCUT2D eigenvalue weighted by Gasteiger charge is -2.38. The average Bonchev–Trinajstić information content (AvgIpc) is 2.92. The van der Waals surface area contributed by atoms with Crippen molar-refractivity contribution in [3.05, 3.63) is 48.0 Å². The van der Waals surface area contributed by atoms with Gasteiger partial charge in [0.2, 0.25) is 0 Å². The molecule has 2 aromatic rings. The summed E-state index contributed by atoms with van der Waals surface area (Å²) >= 11 is 0. The fourth-order valence-corrected chi connectivity index (χ4v) is 2.87. The summed E-state index contributed by atoms with van der Waals surface area (Å²) < 4.78 is 0. The van der Waals surface area contributed by atoms with E-state index >= 15 is 0 Å². The summed E-state index contributed by atoms with van der Waals surface area (Å²) in [7, 11) is 0. The van der Waals surface area contributed by atoms with Crippen molar-refractivity contribution in [1.29, 1.82) is 0 Å². The standard InChI is InChI=1S/C15H19N3/c1-2-14-8-7-12-5-3-4-6-15(12)18(14)10-13-9-16-11-17-13/h3-6,9,11,14H,2,7-8,10H2,1H3,(H,16,17)/t14-/m0/s1. The second-order valence-electron chi connectivity index (χ2n) is 4.93. The minimum atomic E-state index is 0.642. The molecule has 0 amide bonds. The molecule has 3 nitrogen and oxygen atoms in total. The quantitative estimate of drug-likeness (QED) is 0.895. The molecule has 1 aromatic carbocycles. The van der Waals surface area contributed by atoms with E-state index in [9.17, 15) is 0 Å². The second kappa shape index (κ2) is 4.84. The van der Waals surface area contributed by atoms with E-state index in [4.69, 9.17) is 0 Å². The summed E-state index contributed by atoms with van der Waals surface area (Å²) in [5.41, 5.74) is 4.05. The minimum Gasteiger partial charge on any atom is -0.362 e. The van der Waals surface area contributed by atoms with E-state index in [0.29, 0.717) is 6.04 Å². The first kappa shape index (κ1) is 11.3. The number of aryl methyl sites for hydroxylation is 1. The van der Waals surface area contributed by atoms with Gasteiger partial charge in [-0.3, -0.25) is 0 Å². The molecule has 94 valence electrons. The van der Waals surface area contributed by atoms with Crippen LogP contribution in [0.25, 0.3) is 0 Å². The number of H-pyrrole nitrogens is 1. The number of imidazole rings is 1. The van der Waals surface area contributed by atoms with Gasteiger partial charge in [-0.15, -0.1) is 0 Å². The lowest BCUT2D eigenvalue weighted by atomic mass is 9.94. The van der Waals surface area contributed by atoms with Crippen molar-refractivity contribution in [2.45, 2.75) is 38.8 Å². The molecule has 0 spiro atoms. The smallest absolute Gasteiger partial charge is 0.0922 e. The zero-order valence-corrected chi connectivity index (χ0v) is 10.8. The average molecular weight is 241 g/mol. The van der Waals surface area contributed by atoms with Crippen molar-refractivity contribution in [3.8, 4) is 0 Å². The molecule has 3 rings (SSSR count). The highest BCUT2D eigenvalue weighted by Gasteiger charge is 2.24. The third-order valence-electron chi connectivity index (χ3n) is 3.86. The molecule has 18 heavy (non-hydrogen) atoms. The number of nitrogens with zero attached hydrogens (tertiary/aromatic N) is 2. The van der Waals surface area contributed by atoms with Crippen LogP contribution in [-0.4, -0.2) is 16.0 Å². The summed E-state index contributed by atoms with van der Waals surface area (Å²) in [4.78, 5) is 9.84. The monoisotopic (exact) mass is 241 g/mol. The molecule has 0 radical (unpaired) electrons. The Kier molecular flexibility index (Phi) is 3.05. The number of rotatable bonds is 3. The third kappa shape index (κ3) is 2.01. The van der Waals surface area contributed by atoms with Crippen molar-refractivity contribution in [2.24, 2.45) is 0 Å². The molecule has 0 fully saturated rings. The number of fused-ring (bicyclic) bond motifs is 1. The molecule has 1 aliphatic rings. The van der Waals surface area contributed by atoms with Gasteiger partial charge in [0.05, 0.1) is 18.6 Å². The molecular weight excluding hydrogens is 222 g/mol. The molecule has 2 heterocycles. The second-order valence-corrected chi connectivity index (χ2v) is 4.93. The molecule has 0 aliphatic carbocycles. The fraction of sp³-hybridized carbons (Fsp3) is 0.400. The van der Waals surface area contributed by atoms with E-state index in [1.54, 1.807) is 6.33 Å². The maximum absolute atomic E-state index is 4.11. The summed E-state index contributed by atoms with van der Waals surface area (Å²) in [6, 6.07) is 9.41. The number of benzene rings is 1. The zero-order chi connectivity index (χ0) is 12.4. The van der Waals surface area contributed by atoms with Gasteiger partial charge in [0.15, 0.2) is 0 Å².